The minimum atomic E-state index is -0.0383. The van der Waals surface area contributed by atoms with Gasteiger partial charge in [0, 0.05) is 18.4 Å². The highest BCUT2D eigenvalue weighted by molar-refractivity contribution is 5.94. The normalized spacial score (nSPS) is 16.0. The van der Waals surface area contributed by atoms with Crippen LogP contribution in [0.25, 0.3) is 0 Å². The zero-order valence-corrected chi connectivity index (χ0v) is 14.6. The number of benzene rings is 2. The Kier molecular flexibility index (Phi) is 6.23. The van der Waals surface area contributed by atoms with Gasteiger partial charge in [0.2, 0.25) is 0 Å². The number of ether oxygens (including phenoxy) is 1. The summed E-state index contributed by atoms with van der Waals surface area (Å²) in [6.45, 7) is 0.555. The minimum Gasteiger partial charge on any atom is -0.399 e. The largest absolute Gasteiger partial charge is 0.399 e. The third-order valence-corrected chi connectivity index (χ3v) is 4.31. The molecule has 1 atom stereocenters. The summed E-state index contributed by atoms with van der Waals surface area (Å²) >= 11 is 0. The molecule has 0 aromatic heterocycles. The van der Waals surface area contributed by atoms with Gasteiger partial charge in [-0.25, -0.2) is 0 Å². The van der Waals surface area contributed by atoms with Crippen molar-refractivity contribution in [3.05, 3.63) is 64.7 Å². The molecule has 0 fully saturated rings. The Bertz CT molecular complexity index is 701. The maximum Gasteiger partial charge on any atom is 0.251 e. The molecular formula is C19H23ClN2O2. The molecule has 0 heterocycles. The van der Waals surface area contributed by atoms with Gasteiger partial charge in [-0.05, 0) is 60.2 Å². The molecule has 4 nitrogen and oxygen atoms in total. The van der Waals surface area contributed by atoms with E-state index in [0.717, 1.165) is 30.5 Å². The van der Waals surface area contributed by atoms with E-state index in [0.29, 0.717) is 12.2 Å². The monoisotopic (exact) mass is 346 g/mol. The molecule has 1 aliphatic rings. The smallest absolute Gasteiger partial charge is 0.251 e. The van der Waals surface area contributed by atoms with E-state index in [1.165, 1.54) is 11.1 Å². The molecule has 0 bridgehead atoms. The van der Waals surface area contributed by atoms with E-state index >= 15 is 0 Å². The number of hydrogen-bond acceptors (Lipinski definition) is 3. The highest BCUT2D eigenvalue weighted by Gasteiger charge is 2.22. The van der Waals surface area contributed by atoms with Crippen molar-refractivity contribution < 1.29 is 9.53 Å². The number of nitrogens with one attached hydrogen (secondary N) is 1. The summed E-state index contributed by atoms with van der Waals surface area (Å²) in [5, 5.41) is 3.15. The molecule has 0 radical (unpaired) electrons. The van der Waals surface area contributed by atoms with Gasteiger partial charge in [0.15, 0.2) is 0 Å². The molecule has 0 saturated heterocycles. The van der Waals surface area contributed by atoms with Crippen LogP contribution in [0.5, 0.6) is 0 Å². The molecule has 3 rings (SSSR count). The summed E-state index contributed by atoms with van der Waals surface area (Å²) in [4.78, 5) is 12.5. The van der Waals surface area contributed by atoms with Crippen LogP contribution in [0.4, 0.5) is 5.69 Å². The van der Waals surface area contributed by atoms with Crippen LogP contribution < -0.4 is 11.1 Å². The quantitative estimate of drug-likeness (QED) is 0.831. The van der Waals surface area contributed by atoms with E-state index in [2.05, 4.69) is 5.32 Å². The first kappa shape index (κ1) is 18.3. The van der Waals surface area contributed by atoms with Crippen molar-refractivity contribution in [3.63, 3.8) is 0 Å². The number of nitrogens with two attached hydrogens (primary N) is 1. The number of carbonyl (C=O) groups excluding carboxylic acids is 1. The summed E-state index contributed by atoms with van der Waals surface area (Å²) in [6, 6.07) is 13.6. The summed E-state index contributed by atoms with van der Waals surface area (Å²) in [5.41, 5.74) is 10.8. The molecule has 3 N–H and O–H groups in total. The molecule has 1 unspecified atom stereocenters. The number of fused-ring (bicyclic) bond motifs is 1. The van der Waals surface area contributed by atoms with E-state index in [1.54, 1.807) is 7.11 Å². The second-order valence-electron chi connectivity index (χ2n) is 6.01. The van der Waals surface area contributed by atoms with E-state index in [4.69, 9.17) is 10.5 Å². The fraction of sp³-hybridized carbons (Fsp3) is 0.316. The SMILES string of the molecule is COCc1ccc(C(=O)NC2CCCc3cc(N)ccc32)cc1.Cl. The molecule has 5 heteroatoms. The summed E-state index contributed by atoms with van der Waals surface area (Å²) in [6.07, 6.45) is 3.05. The van der Waals surface area contributed by atoms with Crippen molar-refractivity contribution >= 4 is 24.0 Å². The Morgan fingerprint density at radius 1 is 1.25 bits per heavy atom. The molecular weight excluding hydrogens is 324 g/mol. The number of carbonyl (C=O) groups is 1. The van der Waals surface area contributed by atoms with Gasteiger partial charge in [-0.2, -0.15) is 0 Å². The van der Waals surface area contributed by atoms with Crippen molar-refractivity contribution in [1.29, 1.82) is 0 Å². The first-order valence-electron chi connectivity index (χ1n) is 7.94. The average molecular weight is 347 g/mol. The van der Waals surface area contributed by atoms with Crippen LogP contribution >= 0.6 is 12.4 Å². The fourth-order valence-electron chi connectivity index (χ4n) is 3.14. The molecule has 128 valence electrons. The Morgan fingerprint density at radius 3 is 2.71 bits per heavy atom. The molecule has 0 aliphatic heterocycles. The van der Waals surface area contributed by atoms with Crippen LogP contribution in [0, 0.1) is 0 Å². The lowest BCUT2D eigenvalue weighted by molar-refractivity contribution is 0.0932. The lowest BCUT2D eigenvalue weighted by Crippen LogP contribution is -2.31. The second kappa shape index (κ2) is 8.18. The Balaban J connectivity index is 0.00000208. The van der Waals surface area contributed by atoms with E-state index in [1.807, 2.05) is 42.5 Å². The van der Waals surface area contributed by atoms with Gasteiger partial charge < -0.3 is 15.8 Å². The fourth-order valence-corrected chi connectivity index (χ4v) is 3.14. The number of hydrogen-bond donors (Lipinski definition) is 2. The second-order valence-corrected chi connectivity index (χ2v) is 6.01. The first-order chi connectivity index (χ1) is 11.2. The molecule has 1 amide bonds. The molecule has 0 spiro atoms. The van der Waals surface area contributed by atoms with Gasteiger partial charge >= 0.3 is 0 Å². The molecule has 2 aromatic rings. The number of nitrogen functional groups attached to an aromatic ring is 1. The maximum atomic E-state index is 12.5. The van der Waals surface area contributed by atoms with Gasteiger partial charge in [0.1, 0.15) is 0 Å². The highest BCUT2D eigenvalue weighted by atomic mass is 35.5. The maximum absolute atomic E-state index is 12.5. The summed E-state index contributed by atoms with van der Waals surface area (Å²) in [7, 11) is 1.66. The number of rotatable bonds is 4. The standard InChI is InChI=1S/C19H22N2O2.ClH/c1-23-12-13-5-7-14(8-6-13)19(22)21-18-4-2-3-15-11-16(20)9-10-17(15)18;/h5-11,18H,2-4,12,20H2,1H3,(H,21,22);1H. The van der Waals surface area contributed by atoms with Crippen LogP contribution in [-0.4, -0.2) is 13.0 Å². The van der Waals surface area contributed by atoms with Gasteiger partial charge in [-0.3, -0.25) is 4.79 Å². The predicted octanol–water partition coefficient (Wildman–Crippen LogP) is 3.64. The van der Waals surface area contributed by atoms with Crippen LogP contribution in [0.15, 0.2) is 42.5 Å². The van der Waals surface area contributed by atoms with E-state index in [9.17, 15) is 4.79 Å². The lowest BCUT2D eigenvalue weighted by atomic mass is 9.87. The Labute approximate surface area is 148 Å². The number of methoxy groups -OCH3 is 1. The Morgan fingerprint density at radius 2 is 2.00 bits per heavy atom. The van der Waals surface area contributed by atoms with Crippen molar-refractivity contribution in [2.75, 3.05) is 12.8 Å². The number of aryl methyl sites for hydroxylation is 1. The zero-order valence-electron chi connectivity index (χ0n) is 13.7. The third-order valence-electron chi connectivity index (χ3n) is 4.31. The van der Waals surface area contributed by atoms with Crippen LogP contribution in [-0.2, 0) is 17.8 Å². The van der Waals surface area contributed by atoms with Crippen molar-refractivity contribution in [2.45, 2.75) is 31.9 Å². The molecule has 24 heavy (non-hydrogen) atoms. The Hall–Kier alpha value is -2.04. The first-order valence-corrected chi connectivity index (χ1v) is 7.94. The van der Waals surface area contributed by atoms with Crippen molar-refractivity contribution in [2.24, 2.45) is 0 Å². The third kappa shape index (κ3) is 4.08. The average Bonchev–Trinajstić information content (AvgIpc) is 2.55. The van der Waals surface area contributed by atoms with E-state index < -0.39 is 0 Å². The van der Waals surface area contributed by atoms with Gasteiger partial charge in [-0.1, -0.05) is 18.2 Å². The molecule has 0 saturated carbocycles. The topological polar surface area (TPSA) is 64.3 Å². The van der Waals surface area contributed by atoms with Gasteiger partial charge in [-0.15, -0.1) is 12.4 Å². The highest BCUT2D eigenvalue weighted by Crippen LogP contribution is 2.31. The van der Waals surface area contributed by atoms with Crippen LogP contribution in [0.3, 0.4) is 0 Å². The molecule has 2 aromatic carbocycles. The molecule has 1 aliphatic carbocycles. The minimum absolute atomic E-state index is 0. The van der Waals surface area contributed by atoms with Gasteiger partial charge in [0.05, 0.1) is 12.6 Å². The van der Waals surface area contributed by atoms with Crippen LogP contribution in [0.1, 0.15) is 45.9 Å². The van der Waals surface area contributed by atoms with E-state index in [-0.39, 0.29) is 24.4 Å². The van der Waals surface area contributed by atoms with Gasteiger partial charge in [0.25, 0.3) is 5.91 Å². The lowest BCUT2D eigenvalue weighted by Gasteiger charge is -2.26. The summed E-state index contributed by atoms with van der Waals surface area (Å²) < 4.78 is 5.09. The zero-order chi connectivity index (χ0) is 16.2. The number of amides is 1. The van der Waals surface area contributed by atoms with Crippen molar-refractivity contribution in [3.8, 4) is 0 Å². The van der Waals surface area contributed by atoms with Crippen LogP contribution in [0.2, 0.25) is 0 Å². The van der Waals surface area contributed by atoms with Crippen molar-refractivity contribution in [1.82, 2.24) is 5.32 Å². The summed E-state index contributed by atoms with van der Waals surface area (Å²) in [5.74, 6) is -0.0383. The predicted molar refractivity (Wildman–Crippen MR) is 98.4 cm³/mol. The number of anilines is 1. The number of halogens is 1.